The summed E-state index contributed by atoms with van der Waals surface area (Å²) in [6.45, 7) is 0. The van der Waals surface area contributed by atoms with Crippen molar-refractivity contribution in [3.63, 3.8) is 0 Å². The van der Waals surface area contributed by atoms with Gasteiger partial charge in [-0.15, -0.1) is 0 Å². The number of nitrogens with two attached hydrogens (primary N) is 2. The van der Waals surface area contributed by atoms with Crippen LogP contribution in [0.2, 0.25) is 0 Å². The van der Waals surface area contributed by atoms with E-state index in [1.165, 1.54) is 0 Å². The summed E-state index contributed by atoms with van der Waals surface area (Å²) >= 11 is 0. The van der Waals surface area contributed by atoms with Gasteiger partial charge >= 0.3 is 0 Å². The van der Waals surface area contributed by atoms with Crippen LogP contribution in [0.15, 0.2) is 0 Å². The minimum absolute atomic E-state index is 0. The summed E-state index contributed by atoms with van der Waals surface area (Å²) < 4.78 is 47.9. The average molecular weight is 262 g/mol. The molecule has 0 aliphatic carbocycles. The lowest BCUT2D eigenvalue weighted by molar-refractivity contribution is -1.63. The second-order valence-corrected chi connectivity index (χ2v) is 1.66. The van der Waals surface area contributed by atoms with Crippen molar-refractivity contribution in [2.24, 2.45) is 11.5 Å². The molecule has 0 aromatic carbocycles. The lowest BCUT2D eigenvalue weighted by Crippen LogP contribution is -2.30. The van der Waals surface area contributed by atoms with Crippen molar-refractivity contribution in [3.05, 3.63) is 0 Å². The second-order valence-electron chi connectivity index (χ2n) is 0.857. The topological polar surface area (TPSA) is 209 Å². The molecule has 0 radical (unpaired) electrons. The number of halogens is 2. The van der Waals surface area contributed by atoms with Crippen LogP contribution in [0.4, 0.5) is 0 Å². The van der Waals surface area contributed by atoms with Crippen LogP contribution in [-0.4, -0.2) is 15.3 Å². The van der Waals surface area contributed by atoms with Gasteiger partial charge in [0.15, 0.2) is 5.96 Å². The molecule has 0 amide bonds. The lowest BCUT2D eigenvalue weighted by Gasteiger charge is -1.72. The largest absolute Gasteiger partial charge is 0.370 e. The van der Waals surface area contributed by atoms with Gasteiger partial charge in [0.1, 0.15) is 0 Å². The molecule has 13 heavy (non-hydrogen) atoms. The Hall–Kier alpha value is -0.0400. The highest BCUT2D eigenvalue weighted by atomic mass is 35.6. The fraction of sp³-hybridized carbons (Fsp3) is 0. The third-order valence-electron chi connectivity index (χ3n) is 0. The number of nitrogens with one attached hydrogen (secondary N) is 1. The highest BCUT2D eigenvalue weighted by Crippen LogP contribution is 1.38. The highest BCUT2D eigenvalue weighted by molar-refractivity contribution is 7.59. The van der Waals surface area contributed by atoms with E-state index in [-0.39, 0.29) is 19.5 Å². The molecule has 7 N–H and O–H groups in total. The van der Waals surface area contributed by atoms with Crippen molar-refractivity contribution in [1.82, 2.24) is 0 Å². The van der Waals surface area contributed by atoms with E-state index in [1.807, 2.05) is 0 Å². The van der Waals surface area contributed by atoms with Crippen LogP contribution in [0.3, 0.4) is 0 Å². The molecule has 0 aliphatic heterocycles. The summed E-state index contributed by atoms with van der Waals surface area (Å²) in [7, 11) is -5.20. The molecular formula is CH9Cl2N3O6S. The molecule has 0 fully saturated rings. The summed E-state index contributed by atoms with van der Waals surface area (Å²) in [5.74, 6) is -0.333. The van der Waals surface area contributed by atoms with Crippen LogP contribution in [0.25, 0.3) is 0 Å². The summed E-state index contributed by atoms with van der Waals surface area (Å²) in [6.07, 6.45) is 0. The number of rotatable bonds is 0. The number of hydrogen-bond donors (Lipinski definition) is 5. The predicted octanol–water partition coefficient (Wildman–Crippen LogP) is -6.92. The van der Waals surface area contributed by atoms with Gasteiger partial charge in [-0.05, 0) is 0 Å². The predicted molar refractivity (Wildman–Crippen MR) is 30.9 cm³/mol. The quantitative estimate of drug-likeness (QED) is 0.208. The van der Waals surface area contributed by atoms with Gasteiger partial charge in [-0.1, -0.05) is 0 Å². The fourth-order valence-corrected chi connectivity index (χ4v) is 0. The van der Waals surface area contributed by atoms with E-state index >= 15 is 0 Å². The molecule has 0 unspecified atom stereocenters. The summed E-state index contributed by atoms with van der Waals surface area (Å²) in [5, 5.41) is 6.06. The van der Waals surface area contributed by atoms with Gasteiger partial charge in [0.05, 0.1) is 0 Å². The van der Waals surface area contributed by atoms with Crippen LogP contribution >= 0.6 is 13.5 Å². The zero-order chi connectivity index (χ0) is 10.7. The summed E-state index contributed by atoms with van der Waals surface area (Å²) in [6, 6.07) is 0. The second kappa shape index (κ2) is 17.9. The van der Waals surface area contributed by atoms with Crippen molar-refractivity contribution in [3.8, 4) is 0 Å². The van der Waals surface area contributed by atoms with Gasteiger partial charge in [0.25, 0.3) is 21.6 Å². The Labute approximate surface area is 86.3 Å². The van der Waals surface area contributed by atoms with Gasteiger partial charge in [0, 0.05) is 9.32 Å². The van der Waals surface area contributed by atoms with Crippen LogP contribution in [0.5, 0.6) is 0 Å². The normalized spacial score (nSPS) is 7.38. The maximum absolute atomic E-state index is 8.52. The molecule has 0 heterocycles. The Kier molecular flexibility index (Phi) is 31.8. The molecule has 0 rings (SSSR count). The van der Waals surface area contributed by atoms with E-state index in [0.29, 0.717) is 0 Å². The van der Waals surface area contributed by atoms with E-state index in [2.05, 4.69) is 11.5 Å². The molecule has 0 aromatic rings. The van der Waals surface area contributed by atoms with E-state index in [1.54, 1.807) is 0 Å². The van der Waals surface area contributed by atoms with Crippen molar-refractivity contribution in [2.75, 3.05) is 0 Å². The van der Waals surface area contributed by atoms with Crippen LogP contribution in [-0.2, 0) is 0 Å². The Morgan fingerprint density at radius 2 is 1.00 bits per heavy atom. The maximum atomic E-state index is 8.52. The zero-order valence-corrected chi connectivity index (χ0v) is 8.45. The third kappa shape index (κ3) is 742000. The molecule has 0 aromatic heterocycles. The van der Waals surface area contributed by atoms with Gasteiger partial charge < -0.3 is 30.1 Å². The monoisotopic (exact) mass is 261 g/mol. The van der Waals surface area contributed by atoms with Crippen molar-refractivity contribution < 1.29 is 49.5 Å². The smallest absolute Gasteiger partial charge is 0.282 e. The Morgan fingerprint density at radius 3 is 1.00 bits per heavy atom. The molecule has 84 valence electrons. The molecule has 0 spiro atoms. The molecule has 0 bridgehead atoms. The lowest BCUT2D eigenvalue weighted by atomic mass is 11.1. The minimum Gasteiger partial charge on any atom is -0.370 e. The molecule has 9 nitrogen and oxygen atoms in total. The van der Waals surface area contributed by atoms with Crippen molar-refractivity contribution in [2.45, 2.75) is 0 Å². The van der Waals surface area contributed by atoms with Crippen LogP contribution in [0, 0.1) is 27.0 Å². The Morgan fingerprint density at radius 1 is 1.00 bits per heavy atom. The highest BCUT2D eigenvalue weighted by Gasteiger charge is 1.79. The summed E-state index contributed by atoms with van der Waals surface area (Å²) in [4.78, 5) is 0. The first-order valence-corrected chi connectivity index (χ1v) is 3.69. The zero-order valence-electron chi connectivity index (χ0n) is 5.94. The first-order valence-electron chi connectivity index (χ1n) is 1.78. The molecule has 0 atom stereocenters. The van der Waals surface area contributed by atoms with E-state index < -0.39 is 21.6 Å². The molecule has 0 aliphatic rings. The first-order chi connectivity index (χ1) is 5.20. The van der Waals surface area contributed by atoms with Gasteiger partial charge in [-0.3, -0.25) is 5.41 Å². The number of hydrogen-bond acceptors (Lipinski definition) is 7. The van der Waals surface area contributed by atoms with E-state index in [4.69, 9.17) is 33.4 Å². The third-order valence-corrected chi connectivity index (χ3v) is 0. The van der Waals surface area contributed by atoms with Crippen LogP contribution < -0.4 is 30.1 Å². The maximum Gasteiger partial charge on any atom is 0.282 e. The number of guanidine groups is 1. The fourth-order valence-electron chi connectivity index (χ4n) is 0. The first kappa shape index (κ1) is 23.1. The summed E-state index contributed by atoms with van der Waals surface area (Å²) in [5.41, 5.74) is 8.94. The molecule has 0 saturated carbocycles. The standard InChI is InChI=1S/CH5N3.2ClHO3.H2S/c3*2-1(3)4;/h(H5,2,3,4);2*2H;1H2. The van der Waals surface area contributed by atoms with E-state index in [0.717, 1.165) is 0 Å². The van der Waals surface area contributed by atoms with Gasteiger partial charge in [-0.25, -0.2) is 0 Å². The van der Waals surface area contributed by atoms with Gasteiger partial charge in [0.2, 0.25) is 0 Å². The molecular weight excluding hydrogens is 253 g/mol. The Bertz CT molecular complexity index is 88.4. The van der Waals surface area contributed by atoms with Crippen molar-refractivity contribution >= 4 is 19.5 Å². The Balaban J connectivity index is -0.0000000450. The van der Waals surface area contributed by atoms with Crippen molar-refractivity contribution in [1.29, 1.82) is 5.41 Å². The molecule has 0 saturated heterocycles. The minimum atomic E-state index is -2.60. The average Bonchev–Trinajstić information content (AvgIpc) is 1.54. The molecule has 12 heteroatoms. The van der Waals surface area contributed by atoms with Crippen LogP contribution in [0.1, 0.15) is 0 Å². The SMILES string of the molecule is N=C(N)N.S.[O-][Cl+2]([O-])O.[O-][Cl+2]([O-])O. The van der Waals surface area contributed by atoms with Gasteiger partial charge in [-0.2, -0.15) is 13.5 Å². The van der Waals surface area contributed by atoms with E-state index in [9.17, 15) is 0 Å².